The Balaban J connectivity index is 1.44. The van der Waals surface area contributed by atoms with E-state index in [1.165, 1.54) is 6.92 Å². The van der Waals surface area contributed by atoms with Gasteiger partial charge in [-0.3, -0.25) is 19.3 Å². The van der Waals surface area contributed by atoms with Crippen LogP contribution in [-0.2, 0) is 11.3 Å². The van der Waals surface area contributed by atoms with Crippen molar-refractivity contribution < 1.29 is 23.9 Å². The first kappa shape index (κ1) is 16.1. The van der Waals surface area contributed by atoms with Gasteiger partial charge in [-0.15, -0.1) is 0 Å². The molecule has 0 saturated carbocycles. The summed E-state index contributed by atoms with van der Waals surface area (Å²) in [5.41, 5.74) is 1.48. The molecule has 2 aliphatic heterocycles. The fraction of sp³-hybridized carbons (Fsp3) is 0.211. The van der Waals surface area contributed by atoms with E-state index in [2.05, 4.69) is 5.32 Å². The molecular weight excluding hydrogens is 336 g/mol. The SMILES string of the molecule is CC(C(=O)NCc1ccc2c(c1)OCO2)N1C(=O)c2ccccc2C1=O. The molecule has 0 spiro atoms. The van der Waals surface area contributed by atoms with E-state index in [-0.39, 0.29) is 13.3 Å². The zero-order valence-corrected chi connectivity index (χ0v) is 14.0. The van der Waals surface area contributed by atoms with E-state index < -0.39 is 23.8 Å². The second-order valence-corrected chi connectivity index (χ2v) is 6.11. The number of imide groups is 1. The number of nitrogens with one attached hydrogen (secondary N) is 1. The Morgan fingerprint density at radius 2 is 1.73 bits per heavy atom. The molecule has 2 aromatic carbocycles. The van der Waals surface area contributed by atoms with Crippen molar-refractivity contribution in [2.45, 2.75) is 19.5 Å². The number of rotatable bonds is 4. The van der Waals surface area contributed by atoms with Crippen LogP contribution in [0.3, 0.4) is 0 Å². The van der Waals surface area contributed by atoms with Crippen LogP contribution in [0.25, 0.3) is 0 Å². The summed E-state index contributed by atoms with van der Waals surface area (Å²) < 4.78 is 10.6. The lowest BCUT2D eigenvalue weighted by atomic mass is 10.1. The number of amides is 3. The van der Waals surface area contributed by atoms with Crippen LogP contribution < -0.4 is 14.8 Å². The molecule has 0 bridgehead atoms. The van der Waals surface area contributed by atoms with Crippen molar-refractivity contribution in [2.75, 3.05) is 6.79 Å². The highest BCUT2D eigenvalue weighted by molar-refractivity contribution is 6.22. The predicted octanol–water partition coefficient (Wildman–Crippen LogP) is 1.72. The summed E-state index contributed by atoms with van der Waals surface area (Å²) in [6.07, 6.45) is 0. The number of benzene rings is 2. The predicted molar refractivity (Wildman–Crippen MR) is 90.8 cm³/mol. The summed E-state index contributed by atoms with van der Waals surface area (Å²) in [6, 6.07) is 11.0. The van der Waals surface area contributed by atoms with Gasteiger partial charge >= 0.3 is 0 Å². The molecule has 0 saturated heterocycles. The van der Waals surface area contributed by atoms with E-state index in [0.717, 1.165) is 10.5 Å². The van der Waals surface area contributed by atoms with Crippen molar-refractivity contribution in [2.24, 2.45) is 0 Å². The molecule has 1 N–H and O–H groups in total. The normalized spacial score (nSPS) is 15.8. The largest absolute Gasteiger partial charge is 0.454 e. The summed E-state index contributed by atoms with van der Waals surface area (Å²) in [4.78, 5) is 38.4. The topological polar surface area (TPSA) is 84.9 Å². The molecule has 0 radical (unpaired) electrons. The Labute approximate surface area is 149 Å². The highest BCUT2D eigenvalue weighted by Gasteiger charge is 2.40. The number of hydrogen-bond donors (Lipinski definition) is 1. The van der Waals surface area contributed by atoms with Gasteiger partial charge in [0.05, 0.1) is 11.1 Å². The highest BCUT2D eigenvalue weighted by atomic mass is 16.7. The molecule has 2 aliphatic rings. The van der Waals surface area contributed by atoms with Crippen LogP contribution in [0.5, 0.6) is 11.5 Å². The maximum Gasteiger partial charge on any atom is 0.262 e. The zero-order chi connectivity index (χ0) is 18.3. The lowest BCUT2D eigenvalue weighted by Crippen LogP contribution is -2.47. The summed E-state index contributed by atoms with van der Waals surface area (Å²) in [6.45, 7) is 1.97. The van der Waals surface area contributed by atoms with Crippen molar-refractivity contribution >= 4 is 17.7 Å². The second-order valence-electron chi connectivity index (χ2n) is 6.11. The van der Waals surface area contributed by atoms with Gasteiger partial charge in [0.25, 0.3) is 11.8 Å². The standard InChI is InChI=1S/C19H16N2O5/c1-11(21-18(23)13-4-2-3-5-14(13)19(21)24)17(22)20-9-12-6-7-15-16(8-12)26-10-25-15/h2-8,11H,9-10H2,1H3,(H,20,22). The van der Waals surface area contributed by atoms with Gasteiger partial charge in [-0.05, 0) is 36.8 Å². The Bertz CT molecular complexity index is 889. The molecule has 3 amide bonds. The molecular formula is C19H16N2O5. The first-order chi connectivity index (χ1) is 12.6. The lowest BCUT2D eigenvalue weighted by Gasteiger charge is -2.21. The monoisotopic (exact) mass is 352 g/mol. The third kappa shape index (κ3) is 2.57. The van der Waals surface area contributed by atoms with Gasteiger partial charge < -0.3 is 14.8 Å². The summed E-state index contributed by atoms with van der Waals surface area (Å²) in [7, 11) is 0. The summed E-state index contributed by atoms with van der Waals surface area (Å²) in [5.74, 6) is -0.00514. The van der Waals surface area contributed by atoms with Crippen molar-refractivity contribution in [3.05, 3.63) is 59.2 Å². The molecule has 0 fully saturated rings. The molecule has 0 aromatic heterocycles. The van der Waals surface area contributed by atoms with Crippen molar-refractivity contribution in [1.29, 1.82) is 0 Å². The number of nitrogens with zero attached hydrogens (tertiary/aromatic N) is 1. The molecule has 2 heterocycles. The van der Waals surface area contributed by atoms with Crippen LogP contribution in [0, 0.1) is 0 Å². The average molecular weight is 352 g/mol. The number of carbonyl (C=O) groups is 3. The number of fused-ring (bicyclic) bond motifs is 2. The maximum atomic E-state index is 12.5. The minimum atomic E-state index is -0.906. The van der Waals surface area contributed by atoms with Crippen LogP contribution in [0.1, 0.15) is 33.2 Å². The first-order valence-corrected chi connectivity index (χ1v) is 8.19. The van der Waals surface area contributed by atoms with Gasteiger partial charge in [0.1, 0.15) is 6.04 Å². The van der Waals surface area contributed by atoms with Gasteiger partial charge in [-0.2, -0.15) is 0 Å². The van der Waals surface area contributed by atoms with Gasteiger partial charge in [-0.25, -0.2) is 0 Å². The molecule has 2 aromatic rings. The van der Waals surface area contributed by atoms with Gasteiger partial charge in [0.15, 0.2) is 11.5 Å². The average Bonchev–Trinajstić information content (AvgIpc) is 3.22. The van der Waals surface area contributed by atoms with Crippen LogP contribution >= 0.6 is 0 Å². The van der Waals surface area contributed by atoms with E-state index in [9.17, 15) is 14.4 Å². The van der Waals surface area contributed by atoms with Gasteiger partial charge in [-0.1, -0.05) is 18.2 Å². The Morgan fingerprint density at radius 3 is 2.42 bits per heavy atom. The third-order valence-corrected chi connectivity index (χ3v) is 4.50. The smallest absolute Gasteiger partial charge is 0.262 e. The Kier molecular flexibility index (Phi) is 3.84. The first-order valence-electron chi connectivity index (χ1n) is 8.19. The van der Waals surface area contributed by atoms with E-state index in [4.69, 9.17) is 9.47 Å². The lowest BCUT2D eigenvalue weighted by molar-refractivity contribution is -0.124. The Hall–Kier alpha value is -3.35. The summed E-state index contributed by atoms with van der Waals surface area (Å²) >= 11 is 0. The molecule has 1 unspecified atom stereocenters. The number of ether oxygens (including phenoxy) is 2. The van der Waals surface area contributed by atoms with Crippen LogP contribution in [-0.4, -0.2) is 35.5 Å². The van der Waals surface area contributed by atoms with Gasteiger partial charge in [0.2, 0.25) is 12.7 Å². The third-order valence-electron chi connectivity index (χ3n) is 4.50. The number of carbonyl (C=O) groups excluding carboxylic acids is 3. The number of hydrogen-bond acceptors (Lipinski definition) is 5. The molecule has 132 valence electrons. The van der Waals surface area contributed by atoms with Crippen molar-refractivity contribution in [1.82, 2.24) is 10.2 Å². The fourth-order valence-electron chi connectivity index (χ4n) is 3.06. The molecule has 7 heteroatoms. The van der Waals surface area contributed by atoms with Crippen molar-refractivity contribution in [3.63, 3.8) is 0 Å². The quantitative estimate of drug-likeness (QED) is 0.847. The maximum absolute atomic E-state index is 12.5. The van der Waals surface area contributed by atoms with E-state index in [0.29, 0.717) is 22.6 Å². The molecule has 26 heavy (non-hydrogen) atoms. The van der Waals surface area contributed by atoms with E-state index in [1.807, 2.05) is 6.07 Å². The minimum absolute atomic E-state index is 0.182. The zero-order valence-electron chi connectivity index (χ0n) is 14.0. The summed E-state index contributed by atoms with van der Waals surface area (Å²) in [5, 5.41) is 2.75. The second kappa shape index (κ2) is 6.18. The van der Waals surface area contributed by atoms with Gasteiger partial charge in [0, 0.05) is 6.54 Å². The molecule has 1 atom stereocenters. The van der Waals surface area contributed by atoms with Crippen LogP contribution in [0.2, 0.25) is 0 Å². The van der Waals surface area contributed by atoms with E-state index in [1.54, 1.807) is 36.4 Å². The van der Waals surface area contributed by atoms with Crippen molar-refractivity contribution in [3.8, 4) is 11.5 Å². The Morgan fingerprint density at radius 1 is 1.08 bits per heavy atom. The van der Waals surface area contributed by atoms with E-state index >= 15 is 0 Å². The van der Waals surface area contributed by atoms with Crippen LogP contribution in [0.15, 0.2) is 42.5 Å². The highest BCUT2D eigenvalue weighted by Crippen LogP contribution is 2.32. The molecule has 7 nitrogen and oxygen atoms in total. The fourth-order valence-corrected chi connectivity index (χ4v) is 3.06. The molecule has 4 rings (SSSR count). The minimum Gasteiger partial charge on any atom is -0.454 e. The van der Waals surface area contributed by atoms with Crippen LogP contribution in [0.4, 0.5) is 0 Å². The molecule has 0 aliphatic carbocycles.